The largest absolute Gasteiger partial charge is 0.391 e. The lowest BCUT2D eigenvalue weighted by atomic mass is 10.2. The van der Waals surface area contributed by atoms with E-state index in [1.165, 1.54) is 0 Å². The number of aliphatic hydroxyl groups excluding tert-OH is 1. The third-order valence-electron chi connectivity index (χ3n) is 3.09. The van der Waals surface area contributed by atoms with Gasteiger partial charge in [0.15, 0.2) is 0 Å². The first kappa shape index (κ1) is 17.2. The van der Waals surface area contributed by atoms with Crippen LogP contribution in [0.2, 0.25) is 5.02 Å². The Bertz CT molecular complexity index is 630. The Labute approximate surface area is 139 Å². The Morgan fingerprint density at radius 2 is 2.09 bits per heavy atom. The highest BCUT2D eigenvalue weighted by Gasteiger charge is 2.10. The first-order valence-electron chi connectivity index (χ1n) is 7.36. The second-order valence-corrected chi connectivity index (χ2v) is 5.46. The Hall–Kier alpha value is -2.12. The van der Waals surface area contributed by atoms with Crippen LogP contribution in [-0.2, 0) is 6.54 Å². The third-order valence-corrected chi connectivity index (χ3v) is 3.34. The standard InChI is InChI=1S/C15H19ClN4O3/c1-2-3-12(21)8-17-15(22)18-9-13-19-14(20-23-13)10-4-6-11(16)7-5-10/h4-7,12,21H,2-3,8-9H2,1H3,(H2,17,18,22). The van der Waals surface area contributed by atoms with E-state index >= 15 is 0 Å². The van der Waals surface area contributed by atoms with E-state index in [9.17, 15) is 9.90 Å². The van der Waals surface area contributed by atoms with Crippen LogP contribution >= 0.6 is 11.6 Å². The van der Waals surface area contributed by atoms with Crippen LogP contribution in [0.3, 0.4) is 0 Å². The zero-order valence-corrected chi connectivity index (χ0v) is 13.5. The van der Waals surface area contributed by atoms with Crippen molar-refractivity contribution in [1.82, 2.24) is 20.8 Å². The number of nitrogens with one attached hydrogen (secondary N) is 2. The summed E-state index contributed by atoms with van der Waals surface area (Å²) >= 11 is 5.82. The molecule has 0 fully saturated rings. The lowest BCUT2D eigenvalue weighted by Gasteiger charge is -2.10. The van der Waals surface area contributed by atoms with Gasteiger partial charge < -0.3 is 20.3 Å². The van der Waals surface area contributed by atoms with E-state index < -0.39 is 12.1 Å². The molecule has 0 aliphatic carbocycles. The lowest BCUT2D eigenvalue weighted by Crippen LogP contribution is -2.39. The monoisotopic (exact) mass is 338 g/mol. The Balaban J connectivity index is 1.80. The maximum absolute atomic E-state index is 11.6. The van der Waals surface area contributed by atoms with Gasteiger partial charge in [0.2, 0.25) is 11.7 Å². The molecule has 2 amide bonds. The van der Waals surface area contributed by atoms with Crippen molar-refractivity contribution < 1.29 is 14.4 Å². The van der Waals surface area contributed by atoms with Crippen LogP contribution in [-0.4, -0.2) is 33.9 Å². The first-order valence-corrected chi connectivity index (χ1v) is 7.74. The van der Waals surface area contributed by atoms with Crippen molar-refractivity contribution >= 4 is 17.6 Å². The van der Waals surface area contributed by atoms with Crippen LogP contribution in [0.4, 0.5) is 4.79 Å². The molecular formula is C15H19ClN4O3. The van der Waals surface area contributed by atoms with Gasteiger partial charge in [-0.2, -0.15) is 4.98 Å². The third kappa shape index (κ3) is 5.54. The summed E-state index contributed by atoms with van der Waals surface area (Å²) < 4.78 is 5.08. The molecule has 23 heavy (non-hydrogen) atoms. The number of amides is 2. The molecule has 0 saturated heterocycles. The van der Waals surface area contributed by atoms with Crippen molar-refractivity contribution in [2.24, 2.45) is 0 Å². The Morgan fingerprint density at radius 1 is 1.35 bits per heavy atom. The molecule has 0 saturated carbocycles. The highest BCUT2D eigenvalue weighted by molar-refractivity contribution is 6.30. The summed E-state index contributed by atoms with van der Waals surface area (Å²) in [7, 11) is 0. The van der Waals surface area contributed by atoms with Crippen molar-refractivity contribution in [1.29, 1.82) is 0 Å². The summed E-state index contributed by atoms with van der Waals surface area (Å²) in [4.78, 5) is 15.8. The van der Waals surface area contributed by atoms with Crippen LogP contribution < -0.4 is 10.6 Å². The molecule has 3 N–H and O–H groups in total. The lowest BCUT2D eigenvalue weighted by molar-refractivity contribution is 0.160. The second kappa shape index (κ2) is 8.50. The van der Waals surface area contributed by atoms with E-state index in [0.29, 0.717) is 23.2 Å². The molecule has 8 heteroatoms. The normalized spacial score (nSPS) is 12.0. The molecular weight excluding hydrogens is 320 g/mol. The average Bonchev–Trinajstić information content (AvgIpc) is 3.01. The maximum atomic E-state index is 11.6. The molecule has 2 aromatic rings. The van der Waals surface area contributed by atoms with E-state index in [1.807, 2.05) is 6.92 Å². The molecule has 1 unspecified atom stereocenters. The molecule has 1 atom stereocenters. The summed E-state index contributed by atoms with van der Waals surface area (Å²) in [5, 5.41) is 19.2. The molecule has 0 radical (unpaired) electrons. The maximum Gasteiger partial charge on any atom is 0.315 e. The van der Waals surface area contributed by atoms with Gasteiger partial charge in [-0.25, -0.2) is 4.79 Å². The number of halogens is 1. The first-order chi connectivity index (χ1) is 11.1. The molecule has 0 aliphatic rings. The summed E-state index contributed by atoms with van der Waals surface area (Å²) in [6, 6.07) is 6.64. The van der Waals surface area contributed by atoms with Crippen LogP contribution in [0.1, 0.15) is 25.7 Å². The number of urea groups is 1. The van der Waals surface area contributed by atoms with Gasteiger partial charge >= 0.3 is 6.03 Å². The predicted octanol–water partition coefficient (Wildman–Crippen LogP) is 2.35. The van der Waals surface area contributed by atoms with Gasteiger partial charge in [-0.1, -0.05) is 30.1 Å². The quantitative estimate of drug-likeness (QED) is 0.719. The number of benzene rings is 1. The van der Waals surface area contributed by atoms with Gasteiger partial charge in [0, 0.05) is 17.1 Å². The minimum absolute atomic E-state index is 0.107. The van der Waals surface area contributed by atoms with Gasteiger partial charge in [-0.05, 0) is 30.7 Å². The second-order valence-electron chi connectivity index (χ2n) is 5.02. The van der Waals surface area contributed by atoms with Gasteiger partial charge in [0.1, 0.15) is 0 Å². The Morgan fingerprint density at radius 3 is 2.78 bits per heavy atom. The number of aromatic nitrogens is 2. The van der Waals surface area contributed by atoms with Crippen molar-refractivity contribution in [3.05, 3.63) is 35.2 Å². The van der Waals surface area contributed by atoms with Crippen LogP contribution in [0.25, 0.3) is 11.4 Å². The Kier molecular flexibility index (Phi) is 6.37. The fourth-order valence-corrected chi connectivity index (χ4v) is 2.03. The number of hydrogen-bond donors (Lipinski definition) is 3. The van der Waals surface area contributed by atoms with E-state index in [2.05, 4.69) is 20.8 Å². The highest BCUT2D eigenvalue weighted by Crippen LogP contribution is 2.18. The van der Waals surface area contributed by atoms with Gasteiger partial charge in [0.25, 0.3) is 0 Å². The molecule has 0 aliphatic heterocycles. The molecule has 1 aromatic heterocycles. The van der Waals surface area contributed by atoms with Gasteiger partial charge in [0.05, 0.1) is 12.6 Å². The van der Waals surface area contributed by atoms with Crippen molar-refractivity contribution in [2.45, 2.75) is 32.4 Å². The van der Waals surface area contributed by atoms with E-state index in [-0.39, 0.29) is 13.1 Å². The molecule has 0 spiro atoms. The minimum atomic E-state index is -0.536. The molecule has 0 bridgehead atoms. The molecule has 7 nitrogen and oxygen atoms in total. The van der Waals surface area contributed by atoms with Crippen LogP contribution in [0.15, 0.2) is 28.8 Å². The zero-order valence-electron chi connectivity index (χ0n) is 12.8. The number of carbonyl (C=O) groups is 1. The zero-order chi connectivity index (χ0) is 16.7. The van der Waals surface area contributed by atoms with Crippen molar-refractivity contribution in [2.75, 3.05) is 6.54 Å². The number of rotatable bonds is 7. The highest BCUT2D eigenvalue weighted by atomic mass is 35.5. The van der Waals surface area contributed by atoms with Gasteiger partial charge in [-0.3, -0.25) is 0 Å². The molecule has 1 heterocycles. The van der Waals surface area contributed by atoms with Crippen molar-refractivity contribution in [3.8, 4) is 11.4 Å². The average molecular weight is 339 g/mol. The fourth-order valence-electron chi connectivity index (χ4n) is 1.91. The van der Waals surface area contributed by atoms with Crippen LogP contribution in [0, 0.1) is 0 Å². The van der Waals surface area contributed by atoms with E-state index in [4.69, 9.17) is 16.1 Å². The SMILES string of the molecule is CCCC(O)CNC(=O)NCc1nc(-c2ccc(Cl)cc2)no1. The summed E-state index contributed by atoms with van der Waals surface area (Å²) in [5.41, 5.74) is 0.775. The fraction of sp³-hybridized carbons (Fsp3) is 0.400. The van der Waals surface area contributed by atoms with Gasteiger partial charge in [-0.15, -0.1) is 0 Å². The molecule has 1 aromatic carbocycles. The molecule has 124 valence electrons. The summed E-state index contributed by atoms with van der Waals surface area (Å²) in [5.74, 6) is 0.719. The topological polar surface area (TPSA) is 100 Å². The summed E-state index contributed by atoms with van der Waals surface area (Å²) in [6.45, 7) is 2.28. The van der Waals surface area contributed by atoms with E-state index in [0.717, 1.165) is 12.0 Å². The summed E-state index contributed by atoms with van der Waals surface area (Å²) in [6.07, 6.45) is 0.972. The van der Waals surface area contributed by atoms with Crippen molar-refractivity contribution in [3.63, 3.8) is 0 Å². The van der Waals surface area contributed by atoms with Crippen LogP contribution in [0.5, 0.6) is 0 Å². The predicted molar refractivity (Wildman–Crippen MR) is 85.9 cm³/mol. The number of carbonyl (C=O) groups excluding carboxylic acids is 1. The molecule has 2 rings (SSSR count). The smallest absolute Gasteiger partial charge is 0.315 e. The number of aliphatic hydroxyl groups is 1. The number of hydrogen-bond acceptors (Lipinski definition) is 5. The minimum Gasteiger partial charge on any atom is -0.391 e. The van der Waals surface area contributed by atoms with E-state index in [1.54, 1.807) is 24.3 Å². The number of nitrogens with zero attached hydrogens (tertiary/aromatic N) is 2.